The fourth-order valence-corrected chi connectivity index (χ4v) is 10.9. The summed E-state index contributed by atoms with van der Waals surface area (Å²) in [6.07, 6.45) is 0. The van der Waals surface area contributed by atoms with Crippen LogP contribution in [0.5, 0.6) is 0 Å². The average Bonchev–Trinajstić information content (AvgIpc) is 3.80. The lowest BCUT2D eigenvalue weighted by molar-refractivity contribution is 0.797. The van der Waals surface area contributed by atoms with E-state index in [0.717, 1.165) is 34.1 Å². The van der Waals surface area contributed by atoms with Crippen molar-refractivity contribution in [3.8, 4) is 22.3 Å². The normalized spacial score (nSPS) is 12.9. The number of nitrogens with zero attached hydrogens (tertiary/aromatic N) is 2. The van der Waals surface area contributed by atoms with Crippen molar-refractivity contribution in [3.05, 3.63) is 265 Å². The van der Waals surface area contributed by atoms with Gasteiger partial charge in [0, 0.05) is 34.1 Å². The molecule has 1 spiro atoms. The Balaban J connectivity index is 1.09. The maximum absolute atomic E-state index is 2.52. The van der Waals surface area contributed by atoms with Crippen molar-refractivity contribution in [2.75, 3.05) is 9.80 Å². The van der Waals surface area contributed by atoms with Crippen molar-refractivity contribution in [1.82, 2.24) is 0 Å². The van der Waals surface area contributed by atoms with Crippen LogP contribution in [0.3, 0.4) is 0 Å². The molecule has 11 aromatic carbocycles. The Morgan fingerprint density at radius 2 is 0.667 bits per heavy atom. The molecular weight excluding hydrogens is 761 g/mol. The van der Waals surface area contributed by atoms with E-state index in [0.29, 0.717) is 0 Å². The fourth-order valence-electron chi connectivity index (χ4n) is 10.9. The molecule has 0 saturated carbocycles. The van der Waals surface area contributed by atoms with E-state index in [2.05, 4.69) is 252 Å². The van der Waals surface area contributed by atoms with E-state index in [4.69, 9.17) is 0 Å². The van der Waals surface area contributed by atoms with Crippen molar-refractivity contribution in [1.29, 1.82) is 0 Å². The number of hydrogen-bond donors (Lipinski definition) is 0. The van der Waals surface area contributed by atoms with Gasteiger partial charge in [-0.25, -0.2) is 0 Å². The Bertz CT molecular complexity index is 3310. The molecule has 2 aliphatic carbocycles. The van der Waals surface area contributed by atoms with Gasteiger partial charge in [-0.05, 0) is 174 Å². The van der Waals surface area contributed by atoms with Gasteiger partial charge in [0.25, 0.3) is 0 Å². The molecule has 0 amide bonds. The Labute approximate surface area is 367 Å². The molecular formula is C61H40N2. The molecule has 2 aliphatic rings. The third kappa shape index (κ3) is 5.32. The van der Waals surface area contributed by atoms with Gasteiger partial charge in [0.1, 0.15) is 0 Å². The summed E-state index contributed by atoms with van der Waals surface area (Å²) >= 11 is 0. The van der Waals surface area contributed by atoms with E-state index >= 15 is 0 Å². The van der Waals surface area contributed by atoms with E-state index in [1.165, 1.54) is 76.8 Å². The molecule has 0 heterocycles. The van der Waals surface area contributed by atoms with Crippen LogP contribution in [-0.2, 0) is 5.41 Å². The Morgan fingerprint density at radius 3 is 1.17 bits per heavy atom. The first-order valence-electron chi connectivity index (χ1n) is 21.8. The minimum Gasteiger partial charge on any atom is -0.310 e. The first-order chi connectivity index (χ1) is 31.2. The summed E-state index contributed by atoms with van der Waals surface area (Å²) in [7, 11) is 0. The van der Waals surface area contributed by atoms with Crippen LogP contribution in [0.25, 0.3) is 54.6 Å². The second kappa shape index (κ2) is 13.9. The van der Waals surface area contributed by atoms with Crippen LogP contribution >= 0.6 is 0 Å². The highest BCUT2D eigenvalue weighted by atomic mass is 15.1. The molecule has 0 N–H and O–H groups in total. The first-order valence-corrected chi connectivity index (χ1v) is 21.8. The summed E-state index contributed by atoms with van der Waals surface area (Å²) in [5.74, 6) is 0. The van der Waals surface area contributed by atoms with Gasteiger partial charge >= 0.3 is 0 Å². The SMILES string of the molecule is c1ccc(N(c2ccccc2)c2ccc3cc4c(cc3c2)C2(c3cc5cc(N(c6ccccc6)c6ccccc6)ccc5cc3-4)c3ccccc3-c3c2ccc2ccccc32)cc1. The fraction of sp³-hybridized carbons (Fsp3) is 0.0164. The van der Waals surface area contributed by atoms with Gasteiger partial charge in [0.2, 0.25) is 0 Å². The molecule has 63 heavy (non-hydrogen) atoms. The van der Waals surface area contributed by atoms with Gasteiger partial charge in [-0.3, -0.25) is 0 Å². The predicted octanol–water partition coefficient (Wildman–Crippen LogP) is 16.4. The van der Waals surface area contributed by atoms with Crippen LogP contribution in [0.2, 0.25) is 0 Å². The average molecular weight is 801 g/mol. The maximum atomic E-state index is 2.52. The monoisotopic (exact) mass is 800 g/mol. The summed E-state index contributed by atoms with van der Waals surface area (Å²) in [4.78, 5) is 4.73. The number of fused-ring (bicyclic) bond motifs is 14. The number of hydrogen-bond acceptors (Lipinski definition) is 2. The van der Waals surface area contributed by atoms with Crippen LogP contribution in [0.4, 0.5) is 34.1 Å². The smallest absolute Gasteiger partial charge is 0.0726 e. The summed E-state index contributed by atoms with van der Waals surface area (Å²) < 4.78 is 0. The van der Waals surface area contributed by atoms with Gasteiger partial charge in [-0.15, -0.1) is 0 Å². The van der Waals surface area contributed by atoms with Crippen molar-refractivity contribution >= 4 is 66.4 Å². The molecule has 2 nitrogen and oxygen atoms in total. The minimum absolute atomic E-state index is 0.536. The first kappa shape index (κ1) is 35.5. The largest absolute Gasteiger partial charge is 0.310 e. The number of para-hydroxylation sites is 4. The highest BCUT2D eigenvalue weighted by Crippen LogP contribution is 2.64. The zero-order valence-corrected chi connectivity index (χ0v) is 34.5. The summed E-state index contributed by atoms with van der Waals surface area (Å²) in [6, 6.07) is 89.6. The molecule has 13 rings (SSSR count). The predicted molar refractivity (Wildman–Crippen MR) is 265 cm³/mol. The van der Waals surface area contributed by atoms with E-state index in [1.807, 2.05) is 0 Å². The molecule has 2 heteroatoms. The van der Waals surface area contributed by atoms with Crippen molar-refractivity contribution in [2.24, 2.45) is 0 Å². The summed E-state index contributed by atoms with van der Waals surface area (Å²) in [5.41, 5.74) is 16.8. The highest BCUT2D eigenvalue weighted by molar-refractivity contribution is 6.09. The van der Waals surface area contributed by atoms with Crippen LogP contribution in [0.1, 0.15) is 22.3 Å². The van der Waals surface area contributed by atoms with Gasteiger partial charge in [0.05, 0.1) is 5.41 Å². The van der Waals surface area contributed by atoms with E-state index in [1.54, 1.807) is 0 Å². The lowest BCUT2D eigenvalue weighted by atomic mass is 9.70. The Morgan fingerprint density at radius 1 is 0.238 bits per heavy atom. The molecule has 0 atom stereocenters. The van der Waals surface area contributed by atoms with Gasteiger partial charge in [-0.1, -0.05) is 146 Å². The quantitative estimate of drug-likeness (QED) is 0.165. The van der Waals surface area contributed by atoms with E-state index in [-0.39, 0.29) is 0 Å². The number of anilines is 6. The topological polar surface area (TPSA) is 6.48 Å². The summed E-state index contributed by atoms with van der Waals surface area (Å²) in [5, 5.41) is 7.44. The minimum atomic E-state index is -0.536. The summed E-state index contributed by atoms with van der Waals surface area (Å²) in [6.45, 7) is 0. The standard InChI is InChI=1S/C61H40N2/c1-5-18-46(19-6-1)62(47-20-7-2-8-21-47)50-32-29-42-37-54-55-38-43-30-33-51(63(48-22-9-3-10-23-48)49-24-11-4-12-25-49)36-45(43)40-59(55)61(58(54)39-44(42)35-50)56-28-16-15-27-53(56)60-52-26-14-13-17-41(52)31-34-57(60)61/h1-40H. The second-order valence-corrected chi connectivity index (χ2v) is 16.9. The molecule has 0 unspecified atom stereocenters. The number of benzene rings is 11. The molecule has 0 aliphatic heterocycles. The third-order valence-electron chi connectivity index (χ3n) is 13.5. The van der Waals surface area contributed by atoms with Crippen LogP contribution < -0.4 is 9.80 Å². The molecule has 0 bridgehead atoms. The Hall–Kier alpha value is -8.20. The zero-order chi connectivity index (χ0) is 41.5. The second-order valence-electron chi connectivity index (χ2n) is 16.9. The third-order valence-corrected chi connectivity index (χ3v) is 13.5. The Kier molecular flexibility index (Phi) is 7.85. The number of rotatable bonds is 6. The van der Waals surface area contributed by atoms with E-state index < -0.39 is 5.41 Å². The zero-order valence-electron chi connectivity index (χ0n) is 34.5. The molecule has 0 saturated heterocycles. The van der Waals surface area contributed by atoms with Crippen LogP contribution in [0.15, 0.2) is 243 Å². The van der Waals surface area contributed by atoms with E-state index in [9.17, 15) is 0 Å². The van der Waals surface area contributed by atoms with Crippen molar-refractivity contribution in [2.45, 2.75) is 5.41 Å². The van der Waals surface area contributed by atoms with Crippen LogP contribution in [0, 0.1) is 0 Å². The highest BCUT2D eigenvalue weighted by Gasteiger charge is 2.52. The molecule has 0 aromatic heterocycles. The molecule has 11 aromatic rings. The van der Waals surface area contributed by atoms with Gasteiger partial charge in [-0.2, -0.15) is 0 Å². The van der Waals surface area contributed by atoms with Crippen molar-refractivity contribution in [3.63, 3.8) is 0 Å². The molecule has 0 radical (unpaired) electrons. The van der Waals surface area contributed by atoms with Gasteiger partial charge in [0.15, 0.2) is 0 Å². The maximum Gasteiger partial charge on any atom is 0.0726 e. The molecule has 294 valence electrons. The van der Waals surface area contributed by atoms with Gasteiger partial charge < -0.3 is 9.80 Å². The lowest BCUT2D eigenvalue weighted by Crippen LogP contribution is -2.26. The van der Waals surface area contributed by atoms with Crippen molar-refractivity contribution < 1.29 is 0 Å². The van der Waals surface area contributed by atoms with Crippen LogP contribution in [-0.4, -0.2) is 0 Å². The lowest BCUT2D eigenvalue weighted by Gasteiger charge is -2.31. The molecule has 0 fully saturated rings.